The third-order valence-corrected chi connectivity index (χ3v) is 8.13. The molecule has 0 radical (unpaired) electrons. The quantitative estimate of drug-likeness (QED) is 0.110. The third kappa shape index (κ3) is 9.11. The maximum absolute atomic E-state index is 6.42. The van der Waals surface area contributed by atoms with E-state index in [1.807, 2.05) is 0 Å². The van der Waals surface area contributed by atoms with Crippen molar-refractivity contribution in [3.05, 3.63) is 25.1 Å². The van der Waals surface area contributed by atoms with Crippen molar-refractivity contribution in [2.24, 2.45) is 0 Å². The lowest BCUT2D eigenvalue weighted by molar-refractivity contribution is 0.425. The maximum Gasteiger partial charge on any atom is 0.0809 e. The Morgan fingerprint density at radius 1 is 0.556 bits per heavy atom. The van der Waals surface area contributed by atoms with E-state index in [1.54, 1.807) is 11.9 Å². The van der Waals surface area contributed by atoms with Gasteiger partial charge in [-0.15, -0.1) is 0 Å². The van der Waals surface area contributed by atoms with Gasteiger partial charge in [0.15, 0.2) is 0 Å². The molecule has 0 saturated heterocycles. The van der Waals surface area contributed by atoms with Crippen LogP contribution in [0.15, 0.2) is 4.90 Å². The summed E-state index contributed by atoms with van der Waals surface area (Å²) in [5, 5.41) is 1.50. The van der Waals surface area contributed by atoms with Crippen LogP contribution in [0.4, 0.5) is 0 Å². The van der Waals surface area contributed by atoms with Gasteiger partial charge in [0.2, 0.25) is 0 Å². The van der Waals surface area contributed by atoms with Crippen LogP contribution in [0.2, 0.25) is 25.1 Å². The summed E-state index contributed by atoms with van der Waals surface area (Å²) in [4.78, 5) is 0.694. The zero-order chi connectivity index (χ0) is 20.2. The topological polar surface area (TPSA) is 3.24 Å². The molecule has 0 saturated carbocycles. The highest BCUT2D eigenvalue weighted by atomic mass is 35.5. The summed E-state index contributed by atoms with van der Waals surface area (Å²) in [6, 6.07) is 0. The Kier molecular flexibility index (Phi) is 14.3. The Labute approximate surface area is 194 Å². The molecule has 1 nitrogen and oxygen atoms in total. The van der Waals surface area contributed by atoms with E-state index in [9.17, 15) is 0 Å². The summed E-state index contributed by atoms with van der Waals surface area (Å²) in [6.45, 7) is 6.45. The second kappa shape index (κ2) is 14.9. The Hall–Kier alpha value is 0.980. The fraction of sp³-hybridized carbons (Fsp3) is 0.700. The number of nitrogens with zero attached hydrogens (tertiary/aromatic N) is 1. The molecule has 0 N–H and O–H groups in total. The molecular formula is C20H30Cl5NS. The van der Waals surface area contributed by atoms with Gasteiger partial charge in [0.25, 0.3) is 0 Å². The van der Waals surface area contributed by atoms with E-state index < -0.39 is 0 Å². The average Bonchev–Trinajstić information content (AvgIpc) is 2.67. The molecule has 156 valence electrons. The van der Waals surface area contributed by atoms with Crippen molar-refractivity contribution in [1.82, 2.24) is 4.31 Å². The first-order valence-corrected chi connectivity index (χ1v) is 12.5. The zero-order valence-corrected chi connectivity index (χ0v) is 20.8. The van der Waals surface area contributed by atoms with Crippen LogP contribution in [0.3, 0.4) is 0 Å². The van der Waals surface area contributed by atoms with Crippen LogP contribution in [0.5, 0.6) is 0 Å². The maximum atomic E-state index is 6.42. The lowest BCUT2D eigenvalue weighted by Crippen LogP contribution is -2.19. The van der Waals surface area contributed by atoms with Crippen molar-refractivity contribution in [3.63, 3.8) is 0 Å². The highest BCUT2D eigenvalue weighted by molar-refractivity contribution is 7.97. The summed E-state index contributed by atoms with van der Waals surface area (Å²) >= 11 is 32.9. The number of hydrogen-bond acceptors (Lipinski definition) is 2. The van der Waals surface area contributed by atoms with E-state index >= 15 is 0 Å². The zero-order valence-electron chi connectivity index (χ0n) is 16.2. The van der Waals surface area contributed by atoms with E-state index in [0.717, 1.165) is 25.9 Å². The Morgan fingerprint density at radius 2 is 0.926 bits per heavy atom. The van der Waals surface area contributed by atoms with E-state index in [-0.39, 0.29) is 15.1 Å². The Bertz CT molecular complexity index is 525. The van der Waals surface area contributed by atoms with Gasteiger partial charge in [-0.1, -0.05) is 123 Å². The molecule has 0 bridgehead atoms. The van der Waals surface area contributed by atoms with Crippen LogP contribution >= 0.6 is 70.0 Å². The van der Waals surface area contributed by atoms with Crippen molar-refractivity contribution in [1.29, 1.82) is 0 Å². The van der Waals surface area contributed by atoms with Crippen LogP contribution in [-0.4, -0.2) is 17.4 Å². The standard InChI is InChI=1S/C20H30Cl5NS/c1-3-5-7-9-11-13-26(14-12-10-8-6-4-2)27-20-18(24)16(22)15(21)17(23)19(20)25/h3-14H2,1-2H3. The number of rotatable bonds is 14. The molecule has 1 rings (SSSR count). The third-order valence-electron chi connectivity index (χ3n) is 4.41. The van der Waals surface area contributed by atoms with Gasteiger partial charge in [-0.25, -0.2) is 4.31 Å². The van der Waals surface area contributed by atoms with Crippen molar-refractivity contribution in [3.8, 4) is 0 Å². The minimum Gasteiger partial charge on any atom is -0.246 e. The average molecular weight is 494 g/mol. The van der Waals surface area contributed by atoms with Crippen molar-refractivity contribution >= 4 is 70.0 Å². The highest BCUT2D eigenvalue weighted by Gasteiger charge is 2.21. The monoisotopic (exact) mass is 491 g/mol. The molecule has 27 heavy (non-hydrogen) atoms. The SMILES string of the molecule is CCCCCCCN(CCCCCCC)Sc1c(Cl)c(Cl)c(Cl)c(Cl)c1Cl. The lowest BCUT2D eigenvalue weighted by atomic mass is 10.1. The molecule has 7 heteroatoms. The van der Waals surface area contributed by atoms with Crippen molar-refractivity contribution in [2.75, 3.05) is 13.1 Å². The summed E-state index contributed by atoms with van der Waals surface area (Å²) in [5.74, 6) is 0. The molecule has 0 aliphatic carbocycles. The van der Waals surface area contributed by atoms with Gasteiger partial charge in [-0.2, -0.15) is 0 Å². The number of hydrogen-bond donors (Lipinski definition) is 0. The first-order chi connectivity index (χ1) is 12.9. The minimum absolute atomic E-state index is 0.211. The normalized spacial score (nSPS) is 11.6. The van der Waals surface area contributed by atoms with Gasteiger partial charge in [0.05, 0.1) is 30.0 Å². The van der Waals surface area contributed by atoms with Gasteiger partial charge in [0, 0.05) is 13.1 Å². The highest BCUT2D eigenvalue weighted by Crippen LogP contribution is 2.48. The lowest BCUT2D eigenvalue weighted by Gasteiger charge is -2.23. The van der Waals surface area contributed by atoms with Crippen LogP contribution in [-0.2, 0) is 0 Å². The molecule has 0 amide bonds. The summed E-state index contributed by atoms with van der Waals surface area (Å²) in [6.07, 6.45) is 12.5. The van der Waals surface area contributed by atoms with Gasteiger partial charge in [-0.3, -0.25) is 0 Å². The van der Waals surface area contributed by atoms with Crippen molar-refractivity contribution < 1.29 is 0 Å². The molecule has 0 aromatic heterocycles. The number of benzene rings is 1. The largest absolute Gasteiger partial charge is 0.246 e. The molecule has 0 heterocycles. The van der Waals surface area contributed by atoms with Gasteiger partial charge in [-0.05, 0) is 24.8 Å². The molecule has 0 unspecified atom stereocenters. The first-order valence-electron chi connectivity index (χ1n) is 9.88. The minimum atomic E-state index is 0.211. The second-order valence-electron chi connectivity index (χ2n) is 6.75. The number of halogens is 5. The van der Waals surface area contributed by atoms with Gasteiger partial charge < -0.3 is 0 Å². The van der Waals surface area contributed by atoms with E-state index in [0.29, 0.717) is 14.9 Å². The second-order valence-corrected chi connectivity index (χ2v) is 9.74. The summed E-state index contributed by atoms with van der Waals surface area (Å²) in [7, 11) is 0. The Morgan fingerprint density at radius 3 is 1.33 bits per heavy atom. The molecular weight excluding hydrogens is 464 g/mol. The first kappa shape index (κ1) is 26.0. The molecule has 1 aromatic carbocycles. The van der Waals surface area contributed by atoms with E-state index in [4.69, 9.17) is 58.0 Å². The van der Waals surface area contributed by atoms with Gasteiger partial charge >= 0.3 is 0 Å². The molecule has 0 aliphatic rings. The van der Waals surface area contributed by atoms with Crippen LogP contribution in [0, 0.1) is 0 Å². The summed E-state index contributed by atoms with van der Waals surface area (Å²) in [5.41, 5.74) is 0. The molecule has 0 fully saturated rings. The van der Waals surface area contributed by atoms with E-state index in [2.05, 4.69) is 18.2 Å². The molecule has 0 spiro atoms. The van der Waals surface area contributed by atoms with Crippen molar-refractivity contribution in [2.45, 2.75) is 83.0 Å². The van der Waals surface area contributed by atoms with Crippen LogP contribution < -0.4 is 0 Å². The Balaban J connectivity index is 2.77. The fourth-order valence-corrected chi connectivity index (χ4v) is 5.30. The van der Waals surface area contributed by atoms with Gasteiger partial charge in [0.1, 0.15) is 0 Å². The molecule has 0 aliphatic heterocycles. The molecule has 0 atom stereocenters. The van der Waals surface area contributed by atoms with Crippen LogP contribution in [0.25, 0.3) is 0 Å². The van der Waals surface area contributed by atoms with E-state index in [1.165, 1.54) is 51.4 Å². The summed E-state index contributed by atoms with van der Waals surface area (Å²) < 4.78 is 2.34. The predicted octanol–water partition coefficient (Wildman–Crippen LogP) is 10.2. The van der Waals surface area contributed by atoms with Crippen LogP contribution in [0.1, 0.15) is 78.1 Å². The fourth-order valence-electron chi connectivity index (χ4n) is 2.78. The smallest absolute Gasteiger partial charge is 0.0809 e. The molecule has 1 aromatic rings. The predicted molar refractivity (Wildman–Crippen MR) is 126 cm³/mol. The number of unbranched alkanes of at least 4 members (excludes halogenated alkanes) is 8.